The van der Waals surface area contributed by atoms with Crippen LogP contribution in [0, 0.1) is 0 Å². The fourth-order valence-corrected chi connectivity index (χ4v) is 1.99. The minimum Gasteiger partial charge on any atom is -0.353 e. The van der Waals surface area contributed by atoms with Crippen LogP contribution in [0.15, 0.2) is 24.3 Å². The molecule has 2 heterocycles. The van der Waals surface area contributed by atoms with Crippen LogP contribution in [-0.4, -0.2) is 37.5 Å². The number of hydrogen-bond donors (Lipinski definition) is 1. The molecule has 1 aliphatic rings. The second-order valence-electron chi connectivity index (χ2n) is 3.70. The van der Waals surface area contributed by atoms with Crippen LogP contribution < -0.4 is 5.32 Å². The monoisotopic (exact) mass is 247 g/mol. The Hall–Kier alpha value is -2.02. The molecule has 1 saturated heterocycles. The molecule has 0 spiro atoms. The second kappa shape index (κ2) is 3.77. The first-order valence-corrected chi connectivity index (χ1v) is 5.53. The average molecular weight is 247 g/mol. The van der Waals surface area contributed by atoms with E-state index in [1.165, 1.54) is 4.90 Å². The number of benzene rings is 1. The van der Waals surface area contributed by atoms with Gasteiger partial charge in [0, 0.05) is 0 Å². The molecule has 0 radical (unpaired) electrons. The van der Waals surface area contributed by atoms with E-state index < -0.39 is 0 Å². The minimum absolute atomic E-state index is 0.0467. The summed E-state index contributed by atoms with van der Waals surface area (Å²) < 4.78 is 1.66. The van der Waals surface area contributed by atoms with Gasteiger partial charge in [-0.05, 0) is 24.4 Å². The maximum Gasteiger partial charge on any atom is 0.249 e. The van der Waals surface area contributed by atoms with Crippen LogP contribution in [0.1, 0.15) is 0 Å². The van der Waals surface area contributed by atoms with Crippen molar-refractivity contribution < 1.29 is 4.79 Å². The van der Waals surface area contributed by atoms with Gasteiger partial charge in [0.15, 0.2) is 5.11 Å². The van der Waals surface area contributed by atoms with Gasteiger partial charge in [-0.3, -0.25) is 9.69 Å². The predicted octanol–water partition coefficient (Wildman–Crippen LogP) is 0.105. The smallest absolute Gasteiger partial charge is 0.249 e. The van der Waals surface area contributed by atoms with Gasteiger partial charge in [0.1, 0.15) is 12.2 Å². The summed E-state index contributed by atoms with van der Waals surface area (Å²) in [6, 6.07) is 7.59. The SMILES string of the molecule is O=C1CNC(=S)N1Cn1nnc2ccccc21. The number of hydrogen-bond acceptors (Lipinski definition) is 4. The number of amides is 1. The fraction of sp³-hybridized carbons (Fsp3) is 0.200. The van der Waals surface area contributed by atoms with E-state index in [1.807, 2.05) is 24.3 Å². The van der Waals surface area contributed by atoms with Crippen LogP contribution >= 0.6 is 12.2 Å². The highest BCUT2D eigenvalue weighted by Crippen LogP contribution is 2.11. The summed E-state index contributed by atoms with van der Waals surface area (Å²) in [5.41, 5.74) is 1.69. The number of thiocarbonyl (C=S) groups is 1. The average Bonchev–Trinajstić information content (AvgIpc) is 2.88. The lowest BCUT2D eigenvalue weighted by Crippen LogP contribution is -2.33. The van der Waals surface area contributed by atoms with Crippen LogP contribution in [0.3, 0.4) is 0 Å². The lowest BCUT2D eigenvalue weighted by Gasteiger charge is -2.14. The zero-order valence-corrected chi connectivity index (χ0v) is 9.65. The molecular formula is C10H9N5OS. The largest absolute Gasteiger partial charge is 0.353 e. The number of fused-ring (bicyclic) bond motifs is 1. The van der Waals surface area contributed by atoms with E-state index in [4.69, 9.17) is 12.2 Å². The molecule has 0 bridgehead atoms. The molecule has 1 fully saturated rings. The number of rotatable bonds is 2. The van der Waals surface area contributed by atoms with Crippen molar-refractivity contribution in [3.05, 3.63) is 24.3 Å². The van der Waals surface area contributed by atoms with E-state index in [-0.39, 0.29) is 12.5 Å². The summed E-state index contributed by atoms with van der Waals surface area (Å²) in [7, 11) is 0. The van der Waals surface area contributed by atoms with Gasteiger partial charge >= 0.3 is 0 Å². The van der Waals surface area contributed by atoms with Crippen molar-refractivity contribution in [2.24, 2.45) is 0 Å². The van der Waals surface area contributed by atoms with E-state index in [9.17, 15) is 4.79 Å². The Balaban J connectivity index is 1.95. The molecular weight excluding hydrogens is 238 g/mol. The highest BCUT2D eigenvalue weighted by atomic mass is 32.1. The van der Waals surface area contributed by atoms with Crippen molar-refractivity contribution in [1.82, 2.24) is 25.2 Å². The van der Waals surface area contributed by atoms with Crippen molar-refractivity contribution in [3.63, 3.8) is 0 Å². The number of nitrogens with one attached hydrogen (secondary N) is 1. The summed E-state index contributed by atoms with van der Waals surface area (Å²) in [6.07, 6.45) is 0. The molecule has 0 atom stereocenters. The Bertz CT molecular complexity index is 592. The molecule has 1 aromatic carbocycles. The standard InChI is InChI=1S/C10H9N5OS/c16-9-5-11-10(17)14(9)6-15-8-4-2-1-3-7(8)12-13-15/h1-4H,5-6H2,(H,11,17). The molecule has 1 N–H and O–H groups in total. The van der Waals surface area contributed by atoms with Gasteiger partial charge in [-0.1, -0.05) is 17.3 Å². The van der Waals surface area contributed by atoms with Crippen LogP contribution in [0.25, 0.3) is 11.0 Å². The zero-order valence-electron chi connectivity index (χ0n) is 8.83. The summed E-state index contributed by atoms with van der Waals surface area (Å²) in [5, 5.41) is 11.3. The molecule has 1 aliphatic heterocycles. The van der Waals surface area contributed by atoms with E-state index in [2.05, 4.69) is 15.6 Å². The third-order valence-electron chi connectivity index (χ3n) is 2.63. The van der Waals surface area contributed by atoms with Crippen molar-refractivity contribution in [1.29, 1.82) is 0 Å². The lowest BCUT2D eigenvalue weighted by atomic mass is 10.3. The fourth-order valence-electron chi connectivity index (χ4n) is 1.75. The summed E-state index contributed by atoms with van der Waals surface area (Å²) in [5.74, 6) is -0.0467. The van der Waals surface area contributed by atoms with Gasteiger partial charge in [-0.2, -0.15) is 0 Å². The Labute approximate surface area is 102 Å². The van der Waals surface area contributed by atoms with Crippen LogP contribution in [-0.2, 0) is 11.5 Å². The van der Waals surface area contributed by atoms with Gasteiger partial charge in [0.25, 0.3) is 0 Å². The Kier molecular flexibility index (Phi) is 2.25. The Morgan fingerprint density at radius 2 is 2.24 bits per heavy atom. The molecule has 0 aliphatic carbocycles. The molecule has 1 aromatic heterocycles. The quantitative estimate of drug-likeness (QED) is 0.763. The van der Waals surface area contributed by atoms with Crippen molar-refractivity contribution >= 4 is 34.3 Å². The summed E-state index contributed by atoms with van der Waals surface area (Å²) >= 11 is 5.05. The topological polar surface area (TPSA) is 63.1 Å². The first-order valence-electron chi connectivity index (χ1n) is 5.12. The molecule has 2 aromatic rings. The van der Waals surface area contributed by atoms with Crippen LogP contribution in [0.5, 0.6) is 0 Å². The molecule has 3 rings (SSSR count). The third kappa shape index (κ3) is 1.64. The van der Waals surface area contributed by atoms with E-state index in [1.54, 1.807) is 4.68 Å². The predicted molar refractivity (Wildman–Crippen MR) is 65.0 cm³/mol. The number of aromatic nitrogens is 3. The van der Waals surface area contributed by atoms with E-state index >= 15 is 0 Å². The normalized spacial score (nSPS) is 15.6. The van der Waals surface area contributed by atoms with E-state index in [0.29, 0.717) is 11.8 Å². The maximum absolute atomic E-state index is 11.6. The lowest BCUT2D eigenvalue weighted by molar-refractivity contribution is -0.125. The highest BCUT2D eigenvalue weighted by Gasteiger charge is 2.25. The van der Waals surface area contributed by atoms with E-state index in [0.717, 1.165) is 11.0 Å². The first kappa shape index (κ1) is 10.2. The Morgan fingerprint density at radius 3 is 3.00 bits per heavy atom. The number of carbonyl (C=O) groups excluding carboxylic acids is 1. The van der Waals surface area contributed by atoms with Crippen molar-refractivity contribution in [2.75, 3.05) is 6.54 Å². The van der Waals surface area contributed by atoms with Gasteiger partial charge in [-0.15, -0.1) is 5.10 Å². The number of carbonyl (C=O) groups is 1. The van der Waals surface area contributed by atoms with Crippen molar-refractivity contribution in [3.8, 4) is 0 Å². The maximum atomic E-state index is 11.6. The van der Waals surface area contributed by atoms with Crippen LogP contribution in [0.4, 0.5) is 0 Å². The zero-order chi connectivity index (χ0) is 11.8. The van der Waals surface area contributed by atoms with Gasteiger partial charge in [-0.25, -0.2) is 4.68 Å². The minimum atomic E-state index is -0.0467. The highest BCUT2D eigenvalue weighted by molar-refractivity contribution is 7.80. The van der Waals surface area contributed by atoms with Gasteiger partial charge < -0.3 is 5.32 Å². The molecule has 0 unspecified atom stereocenters. The number of para-hydroxylation sites is 1. The number of nitrogens with zero attached hydrogens (tertiary/aromatic N) is 4. The third-order valence-corrected chi connectivity index (χ3v) is 3.00. The molecule has 6 nitrogen and oxygen atoms in total. The summed E-state index contributed by atoms with van der Waals surface area (Å²) in [4.78, 5) is 13.0. The first-order chi connectivity index (χ1) is 8.25. The molecule has 17 heavy (non-hydrogen) atoms. The molecule has 86 valence electrons. The van der Waals surface area contributed by atoms with Crippen LogP contribution in [0.2, 0.25) is 0 Å². The molecule has 7 heteroatoms. The molecule has 1 amide bonds. The van der Waals surface area contributed by atoms with Gasteiger partial charge in [0.05, 0.1) is 12.1 Å². The molecule has 0 saturated carbocycles. The Morgan fingerprint density at radius 1 is 1.41 bits per heavy atom. The van der Waals surface area contributed by atoms with Gasteiger partial charge in [0.2, 0.25) is 5.91 Å². The second-order valence-corrected chi connectivity index (χ2v) is 4.09. The van der Waals surface area contributed by atoms with Crippen molar-refractivity contribution in [2.45, 2.75) is 6.67 Å². The summed E-state index contributed by atoms with van der Waals surface area (Å²) in [6.45, 7) is 0.552.